The third-order valence-corrected chi connectivity index (χ3v) is 4.86. The molecule has 0 aliphatic heterocycles. The Balaban J connectivity index is 0.00000242. The van der Waals surface area contributed by atoms with Crippen molar-refractivity contribution in [1.82, 2.24) is 15.6 Å². The first kappa shape index (κ1) is 19.4. The van der Waals surface area contributed by atoms with Crippen LogP contribution < -0.4 is 10.6 Å². The molecular formula is C15H23IN4S2. The van der Waals surface area contributed by atoms with Crippen molar-refractivity contribution in [3.8, 4) is 0 Å². The summed E-state index contributed by atoms with van der Waals surface area (Å²) in [6.45, 7) is 8.69. The Bertz CT molecular complexity index is 592. The summed E-state index contributed by atoms with van der Waals surface area (Å²) in [6, 6.07) is 2.14. The normalized spacial score (nSPS) is 11.1. The Labute approximate surface area is 157 Å². The van der Waals surface area contributed by atoms with Crippen LogP contribution in [0.5, 0.6) is 0 Å². The van der Waals surface area contributed by atoms with Gasteiger partial charge < -0.3 is 10.6 Å². The maximum Gasteiger partial charge on any atom is 0.191 e. The topological polar surface area (TPSA) is 49.3 Å². The summed E-state index contributed by atoms with van der Waals surface area (Å²) in [5.41, 5.74) is 2.47. The number of aliphatic imine (C=N–C) groups is 1. The van der Waals surface area contributed by atoms with Crippen molar-refractivity contribution in [1.29, 1.82) is 0 Å². The molecule has 2 rings (SSSR count). The van der Waals surface area contributed by atoms with Crippen LogP contribution in [0.1, 0.15) is 28.1 Å². The Morgan fingerprint density at radius 1 is 1.27 bits per heavy atom. The lowest BCUT2D eigenvalue weighted by atomic mass is 10.3. The fourth-order valence-corrected chi connectivity index (χ4v) is 3.37. The predicted molar refractivity (Wildman–Crippen MR) is 108 cm³/mol. The van der Waals surface area contributed by atoms with Gasteiger partial charge in [0, 0.05) is 29.8 Å². The van der Waals surface area contributed by atoms with E-state index in [0.29, 0.717) is 0 Å². The van der Waals surface area contributed by atoms with Crippen LogP contribution in [-0.2, 0) is 13.0 Å². The van der Waals surface area contributed by atoms with Gasteiger partial charge in [0.25, 0.3) is 0 Å². The summed E-state index contributed by atoms with van der Waals surface area (Å²) in [5, 5.41) is 12.0. The van der Waals surface area contributed by atoms with Gasteiger partial charge in [0.1, 0.15) is 0 Å². The zero-order valence-corrected chi connectivity index (χ0v) is 17.1. The highest BCUT2D eigenvalue weighted by Gasteiger charge is 2.02. The summed E-state index contributed by atoms with van der Waals surface area (Å²) in [5.74, 6) is 0.872. The second kappa shape index (κ2) is 10.2. The van der Waals surface area contributed by atoms with Gasteiger partial charge in [0.15, 0.2) is 5.96 Å². The highest BCUT2D eigenvalue weighted by atomic mass is 127. The van der Waals surface area contributed by atoms with Gasteiger partial charge >= 0.3 is 0 Å². The molecule has 122 valence electrons. The van der Waals surface area contributed by atoms with Gasteiger partial charge in [-0.2, -0.15) is 0 Å². The fraction of sp³-hybridized carbons (Fsp3) is 0.467. The minimum Gasteiger partial charge on any atom is -0.357 e. The van der Waals surface area contributed by atoms with E-state index in [1.54, 1.807) is 22.7 Å². The molecule has 0 unspecified atom stereocenters. The van der Waals surface area contributed by atoms with Gasteiger partial charge in [-0.1, -0.05) is 0 Å². The van der Waals surface area contributed by atoms with Crippen LogP contribution in [0.15, 0.2) is 21.8 Å². The van der Waals surface area contributed by atoms with Gasteiger partial charge in [-0.05, 0) is 37.8 Å². The minimum atomic E-state index is 0. The molecular weight excluding hydrogens is 427 g/mol. The molecule has 0 radical (unpaired) electrons. The first-order valence-corrected chi connectivity index (χ1v) is 8.91. The van der Waals surface area contributed by atoms with Crippen molar-refractivity contribution in [3.63, 3.8) is 0 Å². The van der Waals surface area contributed by atoms with Crippen molar-refractivity contribution in [2.45, 2.75) is 33.7 Å². The standard InChI is InChI=1S/C15H22N4S2.HI/c1-4-16-15(18-9-14-11(2)6-8-20-14)17-7-5-13-10-21-12(3)19-13;/h6,8,10H,4-5,7,9H2,1-3H3,(H2,16,17,18);1H. The maximum atomic E-state index is 4.64. The molecule has 2 aromatic heterocycles. The largest absolute Gasteiger partial charge is 0.357 e. The number of nitrogens with zero attached hydrogens (tertiary/aromatic N) is 2. The Morgan fingerprint density at radius 2 is 2.09 bits per heavy atom. The van der Waals surface area contributed by atoms with Gasteiger partial charge in [0.05, 0.1) is 17.2 Å². The molecule has 0 bridgehead atoms. The Hall–Kier alpha value is -0.670. The number of aryl methyl sites for hydroxylation is 2. The van der Waals surface area contributed by atoms with Crippen molar-refractivity contribution < 1.29 is 0 Å². The fourth-order valence-electron chi connectivity index (χ4n) is 1.89. The number of rotatable bonds is 6. The Kier molecular flexibility index (Phi) is 8.96. The lowest BCUT2D eigenvalue weighted by Gasteiger charge is -2.10. The molecule has 0 atom stereocenters. The molecule has 2 heterocycles. The SMILES string of the molecule is CCNC(=NCc1sccc1C)NCCc1csc(C)n1.I. The number of thiazole rings is 1. The summed E-state index contributed by atoms with van der Waals surface area (Å²) < 4.78 is 0. The Morgan fingerprint density at radius 3 is 2.68 bits per heavy atom. The number of hydrogen-bond acceptors (Lipinski definition) is 4. The van der Waals surface area contributed by atoms with E-state index in [2.05, 4.69) is 51.3 Å². The van der Waals surface area contributed by atoms with Crippen LogP contribution in [0.4, 0.5) is 0 Å². The lowest BCUT2D eigenvalue weighted by molar-refractivity contribution is 0.791. The average molecular weight is 450 g/mol. The lowest BCUT2D eigenvalue weighted by Crippen LogP contribution is -2.38. The molecule has 4 nitrogen and oxygen atoms in total. The smallest absolute Gasteiger partial charge is 0.191 e. The van der Waals surface area contributed by atoms with E-state index in [1.807, 2.05) is 6.92 Å². The molecule has 0 spiro atoms. The van der Waals surface area contributed by atoms with Gasteiger partial charge in [-0.15, -0.1) is 46.7 Å². The minimum absolute atomic E-state index is 0. The van der Waals surface area contributed by atoms with E-state index in [0.717, 1.165) is 42.7 Å². The van der Waals surface area contributed by atoms with E-state index >= 15 is 0 Å². The summed E-state index contributed by atoms with van der Waals surface area (Å²) in [4.78, 5) is 10.4. The van der Waals surface area contributed by atoms with Crippen LogP contribution in [0.25, 0.3) is 0 Å². The number of guanidine groups is 1. The molecule has 22 heavy (non-hydrogen) atoms. The van der Waals surface area contributed by atoms with Gasteiger partial charge in [-0.3, -0.25) is 0 Å². The van der Waals surface area contributed by atoms with Crippen molar-refractivity contribution in [2.75, 3.05) is 13.1 Å². The first-order chi connectivity index (χ1) is 10.2. The molecule has 0 aliphatic carbocycles. The summed E-state index contributed by atoms with van der Waals surface area (Å²) in [7, 11) is 0. The van der Waals surface area contributed by atoms with E-state index in [4.69, 9.17) is 0 Å². The third kappa shape index (κ3) is 6.21. The molecule has 2 aromatic rings. The molecule has 0 saturated carbocycles. The molecule has 7 heteroatoms. The molecule has 0 aromatic carbocycles. The van der Waals surface area contributed by atoms with Crippen LogP contribution in [0, 0.1) is 13.8 Å². The van der Waals surface area contributed by atoms with Crippen LogP contribution >= 0.6 is 46.7 Å². The van der Waals surface area contributed by atoms with Crippen LogP contribution in [-0.4, -0.2) is 24.0 Å². The number of thiophene rings is 1. The first-order valence-electron chi connectivity index (χ1n) is 7.15. The van der Waals surface area contributed by atoms with Gasteiger partial charge in [0.2, 0.25) is 0 Å². The molecule has 0 aliphatic rings. The molecule has 0 fully saturated rings. The predicted octanol–water partition coefficient (Wildman–Crippen LogP) is 3.74. The quantitative estimate of drug-likeness (QED) is 0.401. The maximum absolute atomic E-state index is 4.64. The number of aromatic nitrogens is 1. The second-order valence-electron chi connectivity index (χ2n) is 4.76. The zero-order chi connectivity index (χ0) is 15.1. The van der Waals surface area contributed by atoms with E-state index in [-0.39, 0.29) is 24.0 Å². The number of halogens is 1. The average Bonchev–Trinajstić information content (AvgIpc) is 3.05. The number of hydrogen-bond donors (Lipinski definition) is 2. The summed E-state index contributed by atoms with van der Waals surface area (Å²) in [6.07, 6.45) is 0.923. The van der Waals surface area contributed by atoms with Crippen molar-refractivity contribution in [2.24, 2.45) is 4.99 Å². The van der Waals surface area contributed by atoms with E-state index in [9.17, 15) is 0 Å². The molecule has 0 amide bonds. The second-order valence-corrected chi connectivity index (χ2v) is 6.82. The van der Waals surface area contributed by atoms with Crippen molar-refractivity contribution >= 4 is 52.6 Å². The monoisotopic (exact) mass is 450 g/mol. The van der Waals surface area contributed by atoms with Crippen LogP contribution in [0.3, 0.4) is 0 Å². The van der Waals surface area contributed by atoms with E-state index in [1.165, 1.54) is 10.4 Å². The number of nitrogens with one attached hydrogen (secondary N) is 2. The zero-order valence-electron chi connectivity index (χ0n) is 13.2. The highest BCUT2D eigenvalue weighted by Crippen LogP contribution is 2.16. The molecule has 0 saturated heterocycles. The van der Waals surface area contributed by atoms with E-state index < -0.39 is 0 Å². The van der Waals surface area contributed by atoms with Crippen LogP contribution in [0.2, 0.25) is 0 Å². The van der Waals surface area contributed by atoms with Gasteiger partial charge in [-0.25, -0.2) is 9.98 Å². The third-order valence-electron chi connectivity index (χ3n) is 3.03. The summed E-state index contributed by atoms with van der Waals surface area (Å²) >= 11 is 3.46. The highest BCUT2D eigenvalue weighted by molar-refractivity contribution is 14.0. The molecule has 2 N–H and O–H groups in total. The van der Waals surface area contributed by atoms with Crippen molar-refractivity contribution in [3.05, 3.63) is 38.0 Å².